The van der Waals surface area contributed by atoms with Gasteiger partial charge in [0.05, 0.1) is 12.7 Å². The largest absolute Gasteiger partial charge is 0.465 e. The van der Waals surface area contributed by atoms with Gasteiger partial charge in [-0.3, -0.25) is 4.79 Å². The first-order valence-electron chi connectivity index (χ1n) is 8.52. The molecule has 0 heterocycles. The minimum absolute atomic E-state index is 0.0756. The normalized spacial score (nSPS) is 18.4. The molecule has 0 unspecified atom stereocenters. The summed E-state index contributed by atoms with van der Waals surface area (Å²) in [5.41, 5.74) is 6.29. The third kappa shape index (κ3) is 2.44. The maximum absolute atomic E-state index is 12.8. The number of carbonyl (C=O) groups excluding carboxylic acids is 2. The fourth-order valence-corrected chi connectivity index (χ4v) is 4.09. The molecule has 0 aromatic heterocycles. The Morgan fingerprint density at radius 3 is 2.67 bits per heavy atom. The van der Waals surface area contributed by atoms with Gasteiger partial charge in [0.2, 0.25) is 0 Å². The molecule has 2 aromatic rings. The van der Waals surface area contributed by atoms with E-state index in [9.17, 15) is 9.59 Å². The monoisotopic (exact) mass is 320 g/mol. The summed E-state index contributed by atoms with van der Waals surface area (Å²) in [6.45, 7) is 0. The van der Waals surface area contributed by atoms with Gasteiger partial charge >= 0.3 is 5.97 Å². The lowest BCUT2D eigenvalue weighted by molar-refractivity contribution is 0.0598. The summed E-state index contributed by atoms with van der Waals surface area (Å²) < 4.78 is 4.86. The smallest absolute Gasteiger partial charge is 0.338 e. The molecular formula is C21H20O3. The van der Waals surface area contributed by atoms with Gasteiger partial charge in [-0.1, -0.05) is 24.3 Å². The quantitative estimate of drug-likeness (QED) is 0.812. The molecule has 0 N–H and O–H groups in total. The lowest BCUT2D eigenvalue weighted by Crippen LogP contribution is -2.15. The highest BCUT2D eigenvalue weighted by atomic mass is 16.5. The fraction of sp³-hybridized carbons (Fsp3) is 0.333. The van der Waals surface area contributed by atoms with E-state index in [-0.39, 0.29) is 17.7 Å². The fourth-order valence-electron chi connectivity index (χ4n) is 4.09. The molecule has 0 amide bonds. The van der Waals surface area contributed by atoms with Crippen molar-refractivity contribution in [2.24, 2.45) is 5.92 Å². The minimum atomic E-state index is -0.340. The van der Waals surface area contributed by atoms with E-state index in [2.05, 4.69) is 12.1 Å². The van der Waals surface area contributed by atoms with Gasteiger partial charge in [0.25, 0.3) is 0 Å². The van der Waals surface area contributed by atoms with E-state index in [0.29, 0.717) is 12.0 Å². The summed E-state index contributed by atoms with van der Waals surface area (Å²) >= 11 is 0. The summed E-state index contributed by atoms with van der Waals surface area (Å²) in [6, 6.07) is 11.8. The van der Waals surface area contributed by atoms with E-state index < -0.39 is 0 Å². The van der Waals surface area contributed by atoms with Crippen molar-refractivity contribution in [2.45, 2.75) is 32.1 Å². The van der Waals surface area contributed by atoms with Crippen molar-refractivity contribution in [3.8, 4) is 0 Å². The third-order valence-corrected chi connectivity index (χ3v) is 5.31. The van der Waals surface area contributed by atoms with Crippen LogP contribution in [0.5, 0.6) is 0 Å². The molecule has 4 rings (SSSR count). The zero-order valence-corrected chi connectivity index (χ0v) is 13.8. The number of benzene rings is 2. The second-order valence-electron chi connectivity index (χ2n) is 6.75. The molecule has 0 fully saturated rings. The average Bonchev–Trinajstić information content (AvgIpc) is 3.17. The maximum atomic E-state index is 12.8. The number of fused-ring (bicyclic) bond motifs is 2. The van der Waals surface area contributed by atoms with Crippen molar-refractivity contribution in [2.75, 3.05) is 7.11 Å². The highest BCUT2D eigenvalue weighted by Crippen LogP contribution is 2.34. The molecule has 0 saturated heterocycles. The van der Waals surface area contributed by atoms with Gasteiger partial charge in [-0.05, 0) is 66.5 Å². The van der Waals surface area contributed by atoms with E-state index in [1.165, 1.54) is 30.2 Å². The first-order chi connectivity index (χ1) is 11.7. The molecule has 2 aromatic carbocycles. The van der Waals surface area contributed by atoms with E-state index in [0.717, 1.165) is 30.4 Å². The molecule has 0 saturated carbocycles. The lowest BCUT2D eigenvalue weighted by atomic mass is 9.93. The van der Waals surface area contributed by atoms with Crippen LogP contribution in [0.25, 0.3) is 0 Å². The van der Waals surface area contributed by atoms with Crippen LogP contribution in [0.15, 0.2) is 36.4 Å². The Bertz CT molecular complexity index is 835. The van der Waals surface area contributed by atoms with Crippen molar-refractivity contribution >= 4 is 11.8 Å². The topological polar surface area (TPSA) is 43.4 Å². The average molecular weight is 320 g/mol. The van der Waals surface area contributed by atoms with Crippen LogP contribution in [0.4, 0.5) is 0 Å². The van der Waals surface area contributed by atoms with E-state index in [1.807, 2.05) is 18.2 Å². The number of hydrogen-bond acceptors (Lipinski definition) is 3. The Morgan fingerprint density at radius 2 is 1.88 bits per heavy atom. The Morgan fingerprint density at radius 1 is 1.12 bits per heavy atom. The summed E-state index contributed by atoms with van der Waals surface area (Å²) in [5, 5.41) is 0. The van der Waals surface area contributed by atoms with Crippen molar-refractivity contribution in [1.29, 1.82) is 0 Å². The molecule has 3 nitrogen and oxygen atoms in total. The van der Waals surface area contributed by atoms with E-state index in [1.54, 1.807) is 6.07 Å². The van der Waals surface area contributed by atoms with Crippen LogP contribution in [0.3, 0.4) is 0 Å². The molecule has 2 aliphatic carbocycles. The molecule has 2 aliphatic rings. The number of hydrogen-bond donors (Lipinski definition) is 0. The Kier molecular flexibility index (Phi) is 3.72. The van der Waals surface area contributed by atoms with Crippen LogP contribution in [-0.4, -0.2) is 18.9 Å². The van der Waals surface area contributed by atoms with Crippen LogP contribution in [0, 0.1) is 5.92 Å². The van der Waals surface area contributed by atoms with Crippen molar-refractivity contribution in [3.63, 3.8) is 0 Å². The number of carbonyl (C=O) groups is 2. The molecule has 0 bridgehead atoms. The molecule has 0 aliphatic heterocycles. The zero-order valence-electron chi connectivity index (χ0n) is 13.8. The molecule has 0 radical (unpaired) electrons. The van der Waals surface area contributed by atoms with Crippen molar-refractivity contribution in [3.05, 3.63) is 69.8 Å². The van der Waals surface area contributed by atoms with Gasteiger partial charge in [0.15, 0.2) is 5.78 Å². The predicted octanol–water partition coefficient (Wildman–Crippen LogP) is 3.56. The molecule has 1 atom stereocenters. The number of esters is 1. The zero-order chi connectivity index (χ0) is 16.7. The van der Waals surface area contributed by atoms with Crippen molar-refractivity contribution < 1.29 is 14.3 Å². The number of methoxy groups -OCH3 is 1. The van der Waals surface area contributed by atoms with Gasteiger partial charge in [0.1, 0.15) is 0 Å². The van der Waals surface area contributed by atoms with Gasteiger partial charge in [-0.15, -0.1) is 0 Å². The van der Waals surface area contributed by atoms with E-state index in [4.69, 9.17) is 4.74 Å². The summed E-state index contributed by atoms with van der Waals surface area (Å²) in [6.07, 6.45) is 4.78. The highest BCUT2D eigenvalue weighted by Gasteiger charge is 2.32. The first-order valence-corrected chi connectivity index (χ1v) is 8.52. The Labute approximate surface area is 141 Å². The van der Waals surface area contributed by atoms with E-state index >= 15 is 0 Å². The van der Waals surface area contributed by atoms with Crippen LogP contribution < -0.4 is 0 Å². The SMILES string of the molecule is COC(=O)c1ccccc1C[C@H]1Cc2cc3c(cc2C1=O)CCC3. The predicted molar refractivity (Wildman–Crippen MR) is 91.5 cm³/mol. The molecule has 122 valence electrons. The molecular weight excluding hydrogens is 300 g/mol. The summed E-state index contributed by atoms with van der Waals surface area (Å²) in [4.78, 5) is 24.8. The van der Waals surface area contributed by atoms with Crippen LogP contribution in [0.1, 0.15) is 49.4 Å². The minimum Gasteiger partial charge on any atom is -0.465 e. The van der Waals surface area contributed by atoms with Crippen LogP contribution in [0.2, 0.25) is 0 Å². The second kappa shape index (κ2) is 5.90. The Balaban J connectivity index is 1.62. The molecule has 3 heteroatoms. The number of rotatable bonds is 3. The summed E-state index contributed by atoms with van der Waals surface area (Å²) in [5.74, 6) is -0.194. The summed E-state index contributed by atoms with van der Waals surface area (Å²) in [7, 11) is 1.39. The maximum Gasteiger partial charge on any atom is 0.338 e. The Hall–Kier alpha value is -2.42. The third-order valence-electron chi connectivity index (χ3n) is 5.31. The second-order valence-corrected chi connectivity index (χ2v) is 6.75. The number of aryl methyl sites for hydroxylation is 2. The lowest BCUT2D eigenvalue weighted by Gasteiger charge is -2.11. The van der Waals surface area contributed by atoms with Gasteiger partial charge in [-0.25, -0.2) is 4.79 Å². The van der Waals surface area contributed by atoms with Crippen molar-refractivity contribution in [1.82, 2.24) is 0 Å². The van der Waals surface area contributed by atoms with Gasteiger partial charge in [0, 0.05) is 11.5 Å². The molecule has 24 heavy (non-hydrogen) atoms. The standard InChI is InChI=1S/C21H20O3/c1-24-21(23)18-8-3-2-5-15(18)10-17-11-16-9-13-6-4-7-14(13)12-19(16)20(17)22/h2-3,5,8-9,12,17H,4,6-7,10-11H2,1H3/t17-/m0/s1. The first kappa shape index (κ1) is 15.1. The number of ketones is 1. The molecule has 0 spiro atoms. The van der Waals surface area contributed by atoms with Crippen LogP contribution in [-0.2, 0) is 30.4 Å². The number of ether oxygens (including phenoxy) is 1. The van der Waals surface area contributed by atoms with Gasteiger partial charge in [-0.2, -0.15) is 0 Å². The van der Waals surface area contributed by atoms with Crippen LogP contribution >= 0.6 is 0 Å². The van der Waals surface area contributed by atoms with Gasteiger partial charge < -0.3 is 4.74 Å². The highest BCUT2D eigenvalue weighted by molar-refractivity contribution is 6.03. The number of Topliss-reactive ketones (excluding diaryl/α,β-unsaturated/α-hetero) is 1.